The van der Waals surface area contributed by atoms with E-state index in [0.29, 0.717) is 45.1 Å². The number of aliphatic hydroxyl groups is 1. The quantitative estimate of drug-likeness (QED) is 0.817. The van der Waals surface area contributed by atoms with E-state index in [1.54, 1.807) is 20.9 Å². The highest BCUT2D eigenvalue weighted by atomic mass is 32.2. The minimum atomic E-state index is -3.34. The number of nitrogens with zero attached hydrogens (tertiary/aromatic N) is 5. The predicted molar refractivity (Wildman–Crippen MR) is 86.1 cm³/mol. The van der Waals surface area contributed by atoms with Crippen LogP contribution in [0.3, 0.4) is 0 Å². The summed E-state index contributed by atoms with van der Waals surface area (Å²) in [6.45, 7) is 3.16. The van der Waals surface area contributed by atoms with Gasteiger partial charge in [0.25, 0.3) is 10.2 Å². The van der Waals surface area contributed by atoms with Crippen molar-refractivity contribution >= 4 is 16.0 Å². The molecule has 2 aliphatic heterocycles. The van der Waals surface area contributed by atoms with Crippen molar-refractivity contribution in [1.82, 2.24) is 18.6 Å². The van der Waals surface area contributed by atoms with E-state index < -0.39 is 10.2 Å². The molecule has 1 aromatic heterocycles. The molecule has 0 aliphatic carbocycles. The largest absolute Gasteiger partial charge is 0.388 e. The predicted octanol–water partition coefficient (Wildman–Crippen LogP) is -0.178. The van der Waals surface area contributed by atoms with Crippen molar-refractivity contribution in [1.29, 1.82) is 0 Å². The van der Waals surface area contributed by atoms with E-state index in [2.05, 4.69) is 9.97 Å². The van der Waals surface area contributed by atoms with Crippen LogP contribution in [0.4, 0.5) is 5.82 Å². The molecule has 8 nitrogen and oxygen atoms in total. The average Bonchev–Trinajstić information content (AvgIpc) is 2.62. The van der Waals surface area contributed by atoms with Gasteiger partial charge in [-0.1, -0.05) is 6.42 Å². The molecule has 1 aromatic rings. The molecule has 1 N–H and O–H groups in total. The van der Waals surface area contributed by atoms with Crippen LogP contribution < -0.4 is 4.90 Å². The van der Waals surface area contributed by atoms with Crippen LogP contribution in [0.15, 0.2) is 12.3 Å². The van der Waals surface area contributed by atoms with Gasteiger partial charge in [-0.3, -0.25) is 0 Å². The summed E-state index contributed by atoms with van der Waals surface area (Å²) in [5.74, 6) is 1.12. The van der Waals surface area contributed by atoms with Gasteiger partial charge < -0.3 is 10.0 Å². The van der Waals surface area contributed by atoms with Crippen molar-refractivity contribution in [2.75, 3.05) is 44.2 Å². The van der Waals surface area contributed by atoms with Gasteiger partial charge in [0.15, 0.2) is 5.82 Å². The van der Waals surface area contributed by atoms with E-state index in [-0.39, 0.29) is 6.61 Å². The number of hydrogen-bond donors (Lipinski definition) is 1. The van der Waals surface area contributed by atoms with Crippen molar-refractivity contribution < 1.29 is 13.5 Å². The first kappa shape index (κ1) is 16.6. The van der Waals surface area contributed by atoms with Gasteiger partial charge in [-0.05, 0) is 18.9 Å². The topological polar surface area (TPSA) is 89.9 Å². The summed E-state index contributed by atoms with van der Waals surface area (Å²) in [6, 6.07) is 1.79. The summed E-state index contributed by atoms with van der Waals surface area (Å²) in [4.78, 5) is 10.3. The van der Waals surface area contributed by atoms with Crippen LogP contribution in [0.1, 0.15) is 25.1 Å². The molecule has 2 saturated heterocycles. The molecule has 23 heavy (non-hydrogen) atoms. The molecular weight excluding hydrogens is 318 g/mol. The molecule has 0 radical (unpaired) electrons. The van der Waals surface area contributed by atoms with Crippen LogP contribution in [-0.2, 0) is 16.8 Å². The van der Waals surface area contributed by atoms with Crippen molar-refractivity contribution in [3.05, 3.63) is 18.1 Å². The van der Waals surface area contributed by atoms with Crippen molar-refractivity contribution in [2.45, 2.75) is 25.9 Å². The molecule has 0 amide bonds. The lowest BCUT2D eigenvalue weighted by Gasteiger charge is -2.38. The third-order valence-corrected chi connectivity index (χ3v) is 6.40. The summed E-state index contributed by atoms with van der Waals surface area (Å²) < 4.78 is 28.5. The second-order valence-electron chi connectivity index (χ2n) is 5.84. The summed E-state index contributed by atoms with van der Waals surface area (Å²) in [5.41, 5.74) is 0. The number of piperidine rings is 1. The molecule has 0 saturated carbocycles. The zero-order valence-corrected chi connectivity index (χ0v) is 14.0. The lowest BCUT2D eigenvalue weighted by Crippen LogP contribution is -2.54. The Morgan fingerprint density at radius 3 is 2.30 bits per heavy atom. The first-order chi connectivity index (χ1) is 11.1. The fourth-order valence-corrected chi connectivity index (χ4v) is 4.72. The van der Waals surface area contributed by atoms with Crippen LogP contribution in [0.2, 0.25) is 0 Å². The standard InChI is InChI=1S/C14H23N5O3S/c20-12-13-15-5-4-14(16-13)17-8-10-19(11-9-17)23(21,22)18-6-2-1-3-7-18/h4-5,20H,1-3,6-12H2. The highest BCUT2D eigenvalue weighted by Crippen LogP contribution is 2.20. The number of anilines is 1. The van der Waals surface area contributed by atoms with Crippen LogP contribution >= 0.6 is 0 Å². The minimum absolute atomic E-state index is 0.197. The Labute approximate surface area is 136 Å². The van der Waals surface area contributed by atoms with E-state index >= 15 is 0 Å². The molecule has 2 fully saturated rings. The van der Waals surface area contributed by atoms with Crippen LogP contribution in [0, 0.1) is 0 Å². The first-order valence-electron chi connectivity index (χ1n) is 8.04. The number of piperazine rings is 1. The second kappa shape index (κ2) is 7.08. The third-order valence-electron chi connectivity index (χ3n) is 4.36. The summed E-state index contributed by atoms with van der Waals surface area (Å²) >= 11 is 0. The van der Waals surface area contributed by atoms with Gasteiger partial charge in [-0.2, -0.15) is 17.0 Å². The maximum absolute atomic E-state index is 12.7. The van der Waals surface area contributed by atoms with Gasteiger partial charge in [0.1, 0.15) is 12.4 Å². The van der Waals surface area contributed by atoms with Gasteiger partial charge in [-0.15, -0.1) is 0 Å². The summed E-state index contributed by atoms with van der Waals surface area (Å²) in [5, 5.41) is 9.12. The van der Waals surface area contributed by atoms with Crippen molar-refractivity contribution in [3.8, 4) is 0 Å². The van der Waals surface area contributed by atoms with Crippen LogP contribution in [0.25, 0.3) is 0 Å². The average molecular weight is 341 g/mol. The van der Waals surface area contributed by atoms with E-state index in [9.17, 15) is 8.42 Å². The monoisotopic (exact) mass is 341 g/mol. The van der Waals surface area contributed by atoms with Gasteiger partial charge >= 0.3 is 0 Å². The normalized spacial score (nSPS) is 21.5. The minimum Gasteiger partial charge on any atom is -0.388 e. The van der Waals surface area contributed by atoms with Gasteiger partial charge in [0.05, 0.1) is 0 Å². The number of rotatable bonds is 4. The molecule has 0 aromatic carbocycles. The molecule has 0 atom stereocenters. The van der Waals surface area contributed by atoms with E-state index in [1.807, 2.05) is 4.90 Å². The SMILES string of the molecule is O=S(=O)(N1CCCCC1)N1CCN(c2ccnc(CO)n2)CC1. The third kappa shape index (κ3) is 3.63. The second-order valence-corrected chi connectivity index (χ2v) is 7.77. The Balaban J connectivity index is 1.63. The summed E-state index contributed by atoms with van der Waals surface area (Å²) in [7, 11) is -3.34. The Bertz CT molecular complexity index is 625. The lowest BCUT2D eigenvalue weighted by atomic mass is 10.2. The van der Waals surface area contributed by atoms with E-state index in [0.717, 1.165) is 25.1 Å². The lowest BCUT2D eigenvalue weighted by molar-refractivity contribution is 0.271. The van der Waals surface area contributed by atoms with Gasteiger partial charge in [0.2, 0.25) is 0 Å². The molecule has 3 heterocycles. The molecule has 9 heteroatoms. The van der Waals surface area contributed by atoms with Crippen molar-refractivity contribution in [3.63, 3.8) is 0 Å². The zero-order chi connectivity index (χ0) is 16.3. The Kier molecular flexibility index (Phi) is 5.10. The van der Waals surface area contributed by atoms with E-state index in [4.69, 9.17) is 5.11 Å². The Hall–Kier alpha value is -1.29. The maximum atomic E-state index is 12.7. The molecule has 0 bridgehead atoms. The fraction of sp³-hybridized carbons (Fsp3) is 0.714. The molecule has 3 rings (SSSR count). The Morgan fingerprint density at radius 1 is 1.00 bits per heavy atom. The van der Waals surface area contributed by atoms with E-state index in [1.165, 1.54) is 0 Å². The fourth-order valence-electron chi connectivity index (χ4n) is 3.05. The number of aromatic nitrogens is 2. The highest BCUT2D eigenvalue weighted by molar-refractivity contribution is 7.86. The molecule has 0 spiro atoms. The van der Waals surface area contributed by atoms with Gasteiger partial charge in [-0.25, -0.2) is 9.97 Å². The van der Waals surface area contributed by atoms with Crippen LogP contribution in [0.5, 0.6) is 0 Å². The molecule has 128 valence electrons. The summed E-state index contributed by atoms with van der Waals surface area (Å²) in [6.07, 6.45) is 4.62. The Morgan fingerprint density at radius 2 is 1.65 bits per heavy atom. The first-order valence-corrected chi connectivity index (χ1v) is 9.44. The maximum Gasteiger partial charge on any atom is 0.282 e. The highest BCUT2D eigenvalue weighted by Gasteiger charge is 2.33. The molecule has 0 unspecified atom stereocenters. The number of aliphatic hydroxyl groups excluding tert-OH is 1. The zero-order valence-electron chi connectivity index (χ0n) is 13.1. The van der Waals surface area contributed by atoms with Gasteiger partial charge in [0, 0.05) is 45.5 Å². The smallest absolute Gasteiger partial charge is 0.282 e. The molecular formula is C14H23N5O3S. The number of hydrogen-bond acceptors (Lipinski definition) is 6. The van der Waals surface area contributed by atoms with Crippen LogP contribution in [-0.4, -0.2) is 71.4 Å². The van der Waals surface area contributed by atoms with Crippen molar-refractivity contribution in [2.24, 2.45) is 0 Å². The molecule has 2 aliphatic rings.